The zero-order valence-corrected chi connectivity index (χ0v) is 10.4. The Kier molecular flexibility index (Phi) is 3.40. The van der Waals surface area contributed by atoms with E-state index in [1.54, 1.807) is 43.5 Å². The van der Waals surface area contributed by atoms with Gasteiger partial charge in [0.25, 0.3) is 0 Å². The molecule has 4 heteroatoms. The van der Waals surface area contributed by atoms with Crippen molar-refractivity contribution in [2.75, 3.05) is 7.11 Å². The molecule has 0 spiro atoms. The summed E-state index contributed by atoms with van der Waals surface area (Å²) in [7, 11) is 1.56. The molecule has 0 aromatic heterocycles. The van der Waals surface area contributed by atoms with E-state index >= 15 is 0 Å². The van der Waals surface area contributed by atoms with Crippen molar-refractivity contribution < 1.29 is 9.84 Å². The standard InChI is InChI=1S/C14H10ClNO2/c1-18-14-5-2-9(8-16)6-11(14)10-3-4-12(15)13(17)7-10/h2-7,17H,1H3. The summed E-state index contributed by atoms with van der Waals surface area (Å²) in [6.45, 7) is 0. The molecule has 1 N–H and O–H groups in total. The number of ether oxygens (including phenoxy) is 1. The molecule has 0 bridgehead atoms. The lowest BCUT2D eigenvalue weighted by Gasteiger charge is -2.09. The second-order valence-electron chi connectivity index (χ2n) is 3.69. The largest absolute Gasteiger partial charge is 0.506 e. The van der Waals surface area contributed by atoms with Crippen molar-refractivity contribution in [3.05, 3.63) is 47.0 Å². The summed E-state index contributed by atoms with van der Waals surface area (Å²) in [4.78, 5) is 0. The fraction of sp³-hybridized carbons (Fsp3) is 0.0714. The van der Waals surface area contributed by atoms with Gasteiger partial charge in [-0.2, -0.15) is 5.26 Å². The Morgan fingerprint density at radius 1 is 1.22 bits per heavy atom. The first-order valence-electron chi connectivity index (χ1n) is 5.22. The predicted molar refractivity (Wildman–Crippen MR) is 69.8 cm³/mol. The van der Waals surface area contributed by atoms with E-state index in [1.807, 2.05) is 0 Å². The SMILES string of the molecule is COc1ccc(C#N)cc1-c1ccc(Cl)c(O)c1. The molecule has 0 heterocycles. The minimum Gasteiger partial charge on any atom is -0.506 e. The van der Waals surface area contributed by atoms with Crippen LogP contribution in [0.2, 0.25) is 5.02 Å². The van der Waals surface area contributed by atoms with Crippen LogP contribution < -0.4 is 4.74 Å². The van der Waals surface area contributed by atoms with Crippen LogP contribution in [0.1, 0.15) is 5.56 Å². The Labute approximate surface area is 110 Å². The Balaban J connectivity index is 2.61. The van der Waals surface area contributed by atoms with Gasteiger partial charge in [-0.3, -0.25) is 0 Å². The topological polar surface area (TPSA) is 53.2 Å². The van der Waals surface area contributed by atoms with Crippen LogP contribution in [0.4, 0.5) is 0 Å². The smallest absolute Gasteiger partial charge is 0.134 e. The van der Waals surface area contributed by atoms with Crippen LogP contribution in [0.15, 0.2) is 36.4 Å². The highest BCUT2D eigenvalue weighted by Crippen LogP contribution is 2.35. The molecule has 0 saturated heterocycles. The number of halogens is 1. The van der Waals surface area contributed by atoms with E-state index in [2.05, 4.69) is 6.07 Å². The number of aromatic hydroxyl groups is 1. The monoisotopic (exact) mass is 259 g/mol. The number of rotatable bonds is 2. The molecule has 0 aliphatic carbocycles. The van der Waals surface area contributed by atoms with Crippen LogP contribution >= 0.6 is 11.6 Å². The summed E-state index contributed by atoms with van der Waals surface area (Å²) in [5.41, 5.74) is 2.01. The third-order valence-electron chi connectivity index (χ3n) is 2.59. The third kappa shape index (κ3) is 2.24. The molecule has 3 nitrogen and oxygen atoms in total. The average Bonchev–Trinajstić information content (AvgIpc) is 2.41. The van der Waals surface area contributed by atoms with Gasteiger partial charge in [-0.1, -0.05) is 17.7 Å². The minimum absolute atomic E-state index is 0.00131. The van der Waals surface area contributed by atoms with E-state index in [0.29, 0.717) is 11.3 Å². The van der Waals surface area contributed by atoms with E-state index in [1.165, 1.54) is 0 Å². The molecular formula is C14H10ClNO2. The lowest BCUT2D eigenvalue weighted by atomic mass is 10.0. The fourth-order valence-corrected chi connectivity index (χ4v) is 1.80. The first-order chi connectivity index (χ1) is 8.65. The Hall–Kier alpha value is -2.18. The molecule has 0 atom stereocenters. The van der Waals surface area contributed by atoms with Crippen LogP contribution in [-0.2, 0) is 0 Å². The van der Waals surface area contributed by atoms with Crippen LogP contribution in [-0.4, -0.2) is 12.2 Å². The van der Waals surface area contributed by atoms with Gasteiger partial charge in [-0.05, 0) is 35.9 Å². The lowest BCUT2D eigenvalue weighted by Crippen LogP contribution is -1.89. The number of benzene rings is 2. The van der Waals surface area contributed by atoms with Gasteiger partial charge in [0.15, 0.2) is 0 Å². The maximum atomic E-state index is 9.61. The van der Waals surface area contributed by atoms with E-state index in [-0.39, 0.29) is 10.8 Å². The van der Waals surface area contributed by atoms with E-state index in [0.717, 1.165) is 11.1 Å². The van der Waals surface area contributed by atoms with Gasteiger partial charge in [0.1, 0.15) is 11.5 Å². The molecule has 0 aliphatic rings. The highest BCUT2D eigenvalue weighted by molar-refractivity contribution is 6.32. The van der Waals surface area contributed by atoms with Crippen molar-refractivity contribution >= 4 is 11.6 Å². The van der Waals surface area contributed by atoms with Gasteiger partial charge < -0.3 is 9.84 Å². The van der Waals surface area contributed by atoms with Crippen LogP contribution in [0.5, 0.6) is 11.5 Å². The van der Waals surface area contributed by atoms with Crippen LogP contribution in [0, 0.1) is 11.3 Å². The summed E-state index contributed by atoms with van der Waals surface area (Å²) in [6, 6.07) is 12.1. The van der Waals surface area contributed by atoms with Gasteiger partial charge in [0.05, 0.1) is 23.8 Å². The molecule has 2 aromatic carbocycles. The average molecular weight is 260 g/mol. The zero-order valence-electron chi connectivity index (χ0n) is 9.64. The first-order valence-corrected chi connectivity index (χ1v) is 5.60. The quantitative estimate of drug-likeness (QED) is 0.897. The second kappa shape index (κ2) is 4.99. The molecular weight excluding hydrogens is 250 g/mol. The molecule has 0 fully saturated rings. The van der Waals surface area contributed by atoms with E-state index in [9.17, 15) is 5.11 Å². The van der Waals surface area contributed by atoms with Crippen LogP contribution in [0.3, 0.4) is 0 Å². The normalized spacial score (nSPS) is 9.83. The highest BCUT2D eigenvalue weighted by atomic mass is 35.5. The molecule has 2 rings (SSSR count). The number of nitrogens with zero attached hydrogens (tertiary/aromatic N) is 1. The molecule has 0 radical (unpaired) electrons. The van der Waals surface area contributed by atoms with Crippen molar-refractivity contribution in [1.29, 1.82) is 5.26 Å². The fourth-order valence-electron chi connectivity index (χ4n) is 1.68. The molecule has 0 amide bonds. The minimum atomic E-state index is -0.00131. The number of methoxy groups -OCH3 is 1. The molecule has 0 unspecified atom stereocenters. The number of hydrogen-bond donors (Lipinski definition) is 1. The highest BCUT2D eigenvalue weighted by Gasteiger charge is 2.09. The Morgan fingerprint density at radius 3 is 2.61 bits per heavy atom. The first kappa shape index (κ1) is 12.3. The number of phenols is 1. The molecule has 90 valence electrons. The molecule has 2 aromatic rings. The summed E-state index contributed by atoms with van der Waals surface area (Å²) < 4.78 is 5.25. The zero-order chi connectivity index (χ0) is 13.1. The maximum Gasteiger partial charge on any atom is 0.134 e. The predicted octanol–water partition coefficient (Wildman–Crippen LogP) is 3.59. The Morgan fingerprint density at radius 2 is 2.00 bits per heavy atom. The van der Waals surface area contributed by atoms with Crippen molar-refractivity contribution in [3.63, 3.8) is 0 Å². The summed E-state index contributed by atoms with van der Waals surface area (Å²) in [6.07, 6.45) is 0. The van der Waals surface area contributed by atoms with Crippen molar-refractivity contribution in [2.45, 2.75) is 0 Å². The van der Waals surface area contributed by atoms with Crippen molar-refractivity contribution in [2.24, 2.45) is 0 Å². The number of nitriles is 1. The summed E-state index contributed by atoms with van der Waals surface area (Å²) in [5, 5.41) is 18.8. The summed E-state index contributed by atoms with van der Waals surface area (Å²) in [5.74, 6) is 0.634. The lowest BCUT2D eigenvalue weighted by molar-refractivity contribution is 0.416. The van der Waals surface area contributed by atoms with E-state index in [4.69, 9.17) is 21.6 Å². The van der Waals surface area contributed by atoms with Gasteiger partial charge in [0.2, 0.25) is 0 Å². The maximum absolute atomic E-state index is 9.61. The van der Waals surface area contributed by atoms with Gasteiger partial charge in [-0.25, -0.2) is 0 Å². The Bertz CT molecular complexity index is 632. The van der Waals surface area contributed by atoms with Crippen LogP contribution in [0.25, 0.3) is 11.1 Å². The number of hydrogen-bond acceptors (Lipinski definition) is 3. The van der Waals surface area contributed by atoms with E-state index < -0.39 is 0 Å². The van der Waals surface area contributed by atoms with Gasteiger partial charge in [-0.15, -0.1) is 0 Å². The van der Waals surface area contributed by atoms with Crippen molar-refractivity contribution in [3.8, 4) is 28.7 Å². The number of phenolic OH excluding ortho intramolecular Hbond substituents is 1. The van der Waals surface area contributed by atoms with Gasteiger partial charge >= 0.3 is 0 Å². The van der Waals surface area contributed by atoms with Gasteiger partial charge in [0, 0.05) is 5.56 Å². The molecule has 18 heavy (non-hydrogen) atoms. The summed E-state index contributed by atoms with van der Waals surface area (Å²) >= 11 is 5.77. The third-order valence-corrected chi connectivity index (χ3v) is 2.91. The second-order valence-corrected chi connectivity index (χ2v) is 4.10. The molecule has 0 saturated carbocycles. The molecule has 0 aliphatic heterocycles. The van der Waals surface area contributed by atoms with Crippen molar-refractivity contribution in [1.82, 2.24) is 0 Å².